The molecule has 1 amide bonds. The van der Waals surface area contributed by atoms with Crippen LogP contribution in [-0.2, 0) is 23.9 Å². The normalized spacial score (nSPS) is 33.4. The summed E-state index contributed by atoms with van der Waals surface area (Å²) in [6.45, 7) is 5.21. The molecule has 0 N–H and O–H groups in total. The highest BCUT2D eigenvalue weighted by Crippen LogP contribution is 2.58. The molecular weight excluding hydrogens is 362 g/mol. The zero-order chi connectivity index (χ0) is 16.0. The lowest BCUT2D eigenvalue weighted by Gasteiger charge is -2.48. The molecule has 118 valence electrons. The average molecular weight is 380 g/mol. The van der Waals surface area contributed by atoms with Crippen molar-refractivity contribution in [3.05, 3.63) is 0 Å². The Bertz CT molecular complexity index is 497. The largest absolute Gasteiger partial charge is 0.456 e. The van der Waals surface area contributed by atoms with Crippen molar-refractivity contribution in [1.82, 2.24) is 4.90 Å². The predicted octanol–water partition coefficient (Wildman–Crippen LogP) is 1.31. The first-order valence-corrected chi connectivity index (χ1v) is 8.29. The van der Waals surface area contributed by atoms with Crippen LogP contribution < -0.4 is 0 Å². The van der Waals surface area contributed by atoms with E-state index >= 15 is 0 Å². The lowest BCUT2D eigenvalue weighted by molar-refractivity contribution is -0.178. The fraction of sp³-hybridized carbons (Fsp3) is 0.769. The summed E-state index contributed by atoms with van der Waals surface area (Å²) in [5, 5.41) is -0.288. The molecule has 0 unspecified atom stereocenters. The molecule has 2 heterocycles. The maximum Gasteiger partial charge on any atom is 0.330 e. The van der Waals surface area contributed by atoms with Crippen molar-refractivity contribution in [3.8, 4) is 0 Å². The number of esters is 1. The Balaban J connectivity index is 2.15. The minimum atomic E-state index is -1.08. The monoisotopic (exact) mass is 379 g/mol. The third-order valence-corrected chi connectivity index (χ3v) is 6.75. The molecule has 2 fully saturated rings. The van der Waals surface area contributed by atoms with Gasteiger partial charge in [0.2, 0.25) is 4.51 Å². The van der Waals surface area contributed by atoms with E-state index in [1.165, 1.54) is 23.8 Å². The van der Waals surface area contributed by atoms with Gasteiger partial charge in [0.25, 0.3) is 5.91 Å². The summed E-state index contributed by atoms with van der Waals surface area (Å²) in [6, 6.07) is -0.717. The lowest BCUT2D eigenvalue weighted by Crippen LogP contribution is -2.71. The summed E-state index contributed by atoms with van der Waals surface area (Å²) in [4.78, 5) is 37.3. The quantitative estimate of drug-likeness (QED) is 0.407. The fourth-order valence-electron chi connectivity index (χ4n) is 2.49. The Labute approximate surface area is 136 Å². The number of carbonyl (C=O) groups excluding carboxylic acids is 3. The third-order valence-electron chi connectivity index (χ3n) is 3.74. The molecule has 2 rings (SSSR count). The van der Waals surface area contributed by atoms with Crippen LogP contribution in [0.3, 0.4) is 0 Å². The summed E-state index contributed by atoms with van der Waals surface area (Å²) in [7, 11) is 1.45. The predicted molar refractivity (Wildman–Crippen MR) is 81.0 cm³/mol. The number of ether oxygens (including phenoxy) is 2. The van der Waals surface area contributed by atoms with Gasteiger partial charge in [-0.15, -0.1) is 11.8 Å². The number of rotatable bonds is 5. The number of Topliss-reactive ketones (excluding diaryl/α,β-unsaturated/α-hetero) is 1. The first-order valence-electron chi connectivity index (χ1n) is 6.62. The van der Waals surface area contributed by atoms with Crippen molar-refractivity contribution in [2.45, 2.75) is 47.9 Å². The highest BCUT2D eigenvalue weighted by Gasteiger charge is 2.71. The molecule has 0 aromatic rings. The number of ketones is 1. The zero-order valence-corrected chi connectivity index (χ0v) is 14.7. The van der Waals surface area contributed by atoms with Gasteiger partial charge in [0.15, 0.2) is 5.78 Å². The number of carbonyl (C=O) groups is 3. The van der Waals surface area contributed by atoms with Crippen molar-refractivity contribution < 1.29 is 23.9 Å². The Morgan fingerprint density at radius 1 is 1.43 bits per heavy atom. The van der Waals surface area contributed by atoms with Crippen LogP contribution in [0.15, 0.2) is 0 Å². The van der Waals surface area contributed by atoms with Crippen LogP contribution in [0.1, 0.15) is 27.2 Å². The van der Waals surface area contributed by atoms with Gasteiger partial charge < -0.3 is 14.4 Å². The number of hydrogen-bond donors (Lipinski definition) is 0. The molecule has 2 aliphatic heterocycles. The maximum absolute atomic E-state index is 12.3. The summed E-state index contributed by atoms with van der Waals surface area (Å²) in [6.07, 6.45) is 0.315. The standard InChI is InChI=1S/C13H18BrNO5S/c1-5-7(16)6-20-9(17)8-12(2,3)21-11-13(14,19-4)10(18)15(8)11/h8,11H,5-6H2,1-4H3/t8-,11+,13+/m0/s1. The SMILES string of the molecule is CCC(=O)COC(=O)[C@@H]1N2C(=O)[C@@](Br)(OC)[C@H]2SC1(C)C. The number of fused-ring (bicyclic) bond motifs is 1. The lowest BCUT2D eigenvalue weighted by atomic mass is 9.97. The number of halogens is 1. The van der Waals surface area contributed by atoms with Crippen LogP contribution in [0.25, 0.3) is 0 Å². The molecule has 0 radical (unpaired) electrons. The molecule has 0 bridgehead atoms. The van der Waals surface area contributed by atoms with Gasteiger partial charge in [0.1, 0.15) is 18.0 Å². The number of methoxy groups -OCH3 is 1. The number of alkyl halides is 1. The van der Waals surface area contributed by atoms with E-state index in [1.54, 1.807) is 6.92 Å². The Kier molecular flexibility index (Phi) is 4.43. The summed E-state index contributed by atoms with van der Waals surface area (Å²) < 4.78 is 8.71. The van der Waals surface area contributed by atoms with Gasteiger partial charge in [-0.1, -0.05) is 6.92 Å². The molecule has 0 aromatic heterocycles. The van der Waals surface area contributed by atoms with Gasteiger partial charge in [-0.3, -0.25) is 9.59 Å². The topological polar surface area (TPSA) is 72.9 Å². The number of nitrogens with zero attached hydrogens (tertiary/aromatic N) is 1. The first-order chi connectivity index (χ1) is 9.69. The second-order valence-corrected chi connectivity index (χ2v) is 8.45. The molecule has 2 saturated heterocycles. The van der Waals surface area contributed by atoms with Crippen LogP contribution in [0.2, 0.25) is 0 Å². The minimum absolute atomic E-state index is 0.148. The first kappa shape index (κ1) is 16.8. The van der Waals surface area contributed by atoms with E-state index in [0.29, 0.717) is 6.42 Å². The number of β-lactam (4-membered cyclic amide) rings is 1. The second-order valence-electron chi connectivity index (χ2n) is 5.54. The van der Waals surface area contributed by atoms with Gasteiger partial charge in [-0.2, -0.15) is 0 Å². The van der Waals surface area contributed by atoms with Gasteiger partial charge in [0, 0.05) is 18.3 Å². The maximum atomic E-state index is 12.3. The van der Waals surface area contributed by atoms with Crippen molar-refractivity contribution in [2.24, 2.45) is 0 Å². The number of hydrogen-bond acceptors (Lipinski definition) is 6. The van der Waals surface area contributed by atoms with Crippen molar-refractivity contribution in [2.75, 3.05) is 13.7 Å². The second kappa shape index (κ2) is 5.55. The van der Waals surface area contributed by atoms with E-state index in [0.717, 1.165) is 0 Å². The van der Waals surface area contributed by atoms with E-state index in [4.69, 9.17) is 9.47 Å². The van der Waals surface area contributed by atoms with E-state index in [-0.39, 0.29) is 23.7 Å². The molecule has 0 saturated carbocycles. The highest BCUT2D eigenvalue weighted by atomic mass is 79.9. The summed E-state index contributed by atoms with van der Waals surface area (Å²) in [5.74, 6) is -0.988. The van der Waals surface area contributed by atoms with E-state index in [9.17, 15) is 14.4 Å². The molecule has 0 aliphatic carbocycles. The van der Waals surface area contributed by atoms with E-state index in [2.05, 4.69) is 15.9 Å². The van der Waals surface area contributed by atoms with Gasteiger partial charge in [-0.05, 0) is 29.8 Å². The van der Waals surface area contributed by atoms with Crippen molar-refractivity contribution >= 4 is 45.4 Å². The Hall–Kier alpha value is -0.600. The van der Waals surface area contributed by atoms with Crippen LogP contribution in [0, 0.1) is 0 Å². The molecule has 0 spiro atoms. The van der Waals surface area contributed by atoms with Crippen LogP contribution in [-0.4, -0.2) is 56.9 Å². The third kappa shape index (κ3) is 2.51. The fourth-order valence-corrected chi connectivity index (χ4v) is 4.79. The molecule has 3 atom stereocenters. The number of thioether (sulfide) groups is 1. The summed E-state index contributed by atoms with van der Waals surface area (Å²) >= 11 is 4.78. The van der Waals surface area contributed by atoms with Gasteiger partial charge in [0.05, 0.1) is 0 Å². The molecule has 8 heteroatoms. The molecule has 6 nitrogen and oxygen atoms in total. The van der Waals surface area contributed by atoms with Crippen molar-refractivity contribution in [3.63, 3.8) is 0 Å². The van der Waals surface area contributed by atoms with Crippen LogP contribution >= 0.6 is 27.7 Å². The van der Waals surface area contributed by atoms with Gasteiger partial charge >= 0.3 is 5.97 Å². The smallest absolute Gasteiger partial charge is 0.330 e. The molecule has 21 heavy (non-hydrogen) atoms. The molecule has 2 aliphatic rings. The van der Waals surface area contributed by atoms with Crippen molar-refractivity contribution in [1.29, 1.82) is 0 Å². The van der Waals surface area contributed by atoms with Crippen LogP contribution in [0.4, 0.5) is 0 Å². The Morgan fingerprint density at radius 2 is 2.05 bits per heavy atom. The minimum Gasteiger partial charge on any atom is -0.456 e. The van der Waals surface area contributed by atoms with E-state index in [1.807, 2.05) is 13.8 Å². The molecular formula is C13H18BrNO5S. The summed E-state index contributed by atoms with van der Waals surface area (Å²) in [5.41, 5.74) is 0. The molecule has 0 aromatic carbocycles. The highest BCUT2D eigenvalue weighted by molar-refractivity contribution is 9.10. The number of amides is 1. The zero-order valence-electron chi connectivity index (χ0n) is 12.3. The van der Waals surface area contributed by atoms with E-state index < -0.39 is 21.3 Å². The average Bonchev–Trinajstić information content (AvgIpc) is 2.72. The van der Waals surface area contributed by atoms with Gasteiger partial charge in [-0.25, -0.2) is 4.79 Å². The Morgan fingerprint density at radius 3 is 2.57 bits per heavy atom. The van der Waals surface area contributed by atoms with Crippen LogP contribution in [0.5, 0.6) is 0 Å².